The molecular formula is C11H16N4O5. The van der Waals surface area contributed by atoms with E-state index in [-0.39, 0.29) is 12.3 Å². The maximum absolute atomic E-state index is 10.6. The number of imide groups is 1. The summed E-state index contributed by atoms with van der Waals surface area (Å²) in [6.07, 6.45) is 3.31. The molecule has 1 aliphatic heterocycles. The molecule has 5 N–H and O–H groups in total. The fraction of sp³-hybridized carbons (Fsp3) is 0.455. The first kappa shape index (κ1) is 15.6. The maximum Gasteiger partial charge on any atom is 0.414 e. The van der Waals surface area contributed by atoms with Crippen LogP contribution >= 0.6 is 0 Å². The van der Waals surface area contributed by atoms with Gasteiger partial charge in [-0.15, -0.1) is 0 Å². The van der Waals surface area contributed by atoms with E-state index in [2.05, 4.69) is 9.97 Å². The second-order valence-electron chi connectivity index (χ2n) is 4.14. The molecule has 0 bridgehead atoms. The quantitative estimate of drug-likeness (QED) is 0.592. The lowest BCUT2D eigenvalue weighted by Gasteiger charge is -2.05. The van der Waals surface area contributed by atoms with E-state index in [1.54, 1.807) is 6.20 Å². The van der Waals surface area contributed by atoms with Gasteiger partial charge in [0.05, 0.1) is 12.0 Å². The van der Waals surface area contributed by atoms with E-state index < -0.39 is 18.1 Å². The van der Waals surface area contributed by atoms with E-state index in [1.165, 1.54) is 6.33 Å². The zero-order chi connectivity index (χ0) is 15.1. The molecule has 0 spiro atoms. The molecule has 0 radical (unpaired) electrons. The average Bonchev–Trinajstić information content (AvgIpc) is 3.00. The van der Waals surface area contributed by atoms with Crippen molar-refractivity contribution in [1.82, 2.24) is 14.9 Å². The van der Waals surface area contributed by atoms with Crippen LogP contribution in [0.25, 0.3) is 0 Å². The lowest BCUT2D eigenvalue weighted by Crippen LogP contribution is -2.32. The smallest absolute Gasteiger partial charge is 0.414 e. The molecule has 1 saturated heterocycles. The molecule has 2 heterocycles. The van der Waals surface area contributed by atoms with Crippen molar-refractivity contribution < 1.29 is 24.6 Å². The summed E-state index contributed by atoms with van der Waals surface area (Å²) >= 11 is 0. The molecule has 2 rings (SSSR count). The van der Waals surface area contributed by atoms with Gasteiger partial charge in [0.2, 0.25) is 5.91 Å². The number of aliphatic carboxylic acids is 1. The van der Waals surface area contributed by atoms with Gasteiger partial charge < -0.3 is 20.9 Å². The zero-order valence-corrected chi connectivity index (χ0v) is 10.7. The molecule has 9 nitrogen and oxygen atoms in total. The number of amides is 2. The Morgan fingerprint density at radius 2 is 2.20 bits per heavy atom. The fourth-order valence-corrected chi connectivity index (χ4v) is 1.57. The van der Waals surface area contributed by atoms with Crippen LogP contribution in [0.2, 0.25) is 0 Å². The van der Waals surface area contributed by atoms with E-state index in [9.17, 15) is 14.4 Å². The molecule has 1 atom stereocenters. The number of H-pyrrole nitrogens is 1. The SMILES string of the molecule is NC(Cc1c[nH]cn1)C(=O)O.O=C(O)N1CCCC1=O. The van der Waals surface area contributed by atoms with Crippen molar-refractivity contribution in [2.24, 2.45) is 5.73 Å². The maximum atomic E-state index is 10.6. The molecule has 1 fully saturated rings. The van der Waals surface area contributed by atoms with Crippen LogP contribution in [0, 0.1) is 0 Å². The van der Waals surface area contributed by atoms with Gasteiger partial charge in [-0.1, -0.05) is 0 Å². The summed E-state index contributed by atoms with van der Waals surface area (Å²) in [6, 6.07) is -0.863. The Kier molecular flexibility index (Phi) is 5.66. The highest BCUT2D eigenvalue weighted by Crippen LogP contribution is 2.08. The van der Waals surface area contributed by atoms with E-state index in [0.717, 1.165) is 4.90 Å². The van der Waals surface area contributed by atoms with Crippen LogP contribution in [0.5, 0.6) is 0 Å². The highest BCUT2D eigenvalue weighted by Gasteiger charge is 2.25. The summed E-state index contributed by atoms with van der Waals surface area (Å²) in [6.45, 7) is 0.369. The third kappa shape index (κ3) is 4.69. The Morgan fingerprint density at radius 3 is 2.55 bits per heavy atom. The number of hydrogen-bond donors (Lipinski definition) is 4. The first-order chi connectivity index (χ1) is 9.41. The third-order valence-corrected chi connectivity index (χ3v) is 2.61. The largest absolute Gasteiger partial charge is 0.480 e. The predicted molar refractivity (Wildman–Crippen MR) is 66.9 cm³/mol. The third-order valence-electron chi connectivity index (χ3n) is 2.61. The second kappa shape index (κ2) is 7.24. The Balaban J connectivity index is 0.000000204. The molecule has 0 aromatic carbocycles. The molecule has 9 heteroatoms. The molecular weight excluding hydrogens is 268 g/mol. The summed E-state index contributed by atoms with van der Waals surface area (Å²) in [5.74, 6) is -1.28. The Morgan fingerprint density at radius 1 is 1.50 bits per heavy atom. The summed E-state index contributed by atoms with van der Waals surface area (Å²) < 4.78 is 0. The van der Waals surface area contributed by atoms with Crippen LogP contribution < -0.4 is 5.73 Å². The molecule has 1 unspecified atom stereocenters. The Hall–Kier alpha value is -2.42. The summed E-state index contributed by atoms with van der Waals surface area (Å²) in [5, 5.41) is 16.7. The lowest BCUT2D eigenvalue weighted by molar-refractivity contribution is -0.138. The van der Waals surface area contributed by atoms with Crippen molar-refractivity contribution in [2.75, 3.05) is 6.54 Å². The molecule has 1 aromatic rings. The van der Waals surface area contributed by atoms with Crippen LogP contribution in [0.3, 0.4) is 0 Å². The Bertz CT molecular complexity index is 473. The van der Waals surface area contributed by atoms with Gasteiger partial charge in [0.15, 0.2) is 0 Å². The van der Waals surface area contributed by atoms with Crippen LogP contribution in [0.4, 0.5) is 4.79 Å². The van der Waals surface area contributed by atoms with E-state index in [1.807, 2.05) is 0 Å². The molecule has 20 heavy (non-hydrogen) atoms. The topological polar surface area (TPSA) is 150 Å². The average molecular weight is 284 g/mol. The number of aromatic amines is 1. The van der Waals surface area contributed by atoms with Gasteiger partial charge in [0, 0.05) is 25.6 Å². The van der Waals surface area contributed by atoms with E-state index >= 15 is 0 Å². The van der Waals surface area contributed by atoms with Crippen LogP contribution in [0.15, 0.2) is 12.5 Å². The normalized spacial score (nSPS) is 15.4. The monoisotopic (exact) mass is 284 g/mol. The lowest BCUT2D eigenvalue weighted by atomic mass is 10.2. The number of carbonyl (C=O) groups excluding carboxylic acids is 1. The van der Waals surface area contributed by atoms with Crippen molar-refractivity contribution in [2.45, 2.75) is 25.3 Å². The predicted octanol–water partition coefficient (Wildman–Crippen LogP) is -0.349. The fourth-order valence-electron chi connectivity index (χ4n) is 1.57. The van der Waals surface area contributed by atoms with Crippen LogP contribution in [-0.2, 0) is 16.0 Å². The van der Waals surface area contributed by atoms with Gasteiger partial charge in [-0.05, 0) is 6.42 Å². The molecule has 1 aliphatic rings. The minimum atomic E-state index is -1.13. The molecule has 2 amide bonds. The highest BCUT2D eigenvalue weighted by atomic mass is 16.4. The van der Waals surface area contributed by atoms with Gasteiger partial charge in [-0.3, -0.25) is 9.59 Å². The standard InChI is InChI=1S/C6H9N3O2.C5H7NO3/c7-5(6(10)11)1-4-2-8-3-9-4;7-4-2-1-3-6(4)5(8)9/h2-3,5H,1,7H2,(H,8,9)(H,10,11);1-3H2,(H,8,9). The number of rotatable bonds is 3. The number of aromatic nitrogens is 2. The Labute approximate surface area is 114 Å². The minimum absolute atomic E-state index is 0.263. The zero-order valence-electron chi connectivity index (χ0n) is 10.7. The minimum Gasteiger partial charge on any atom is -0.480 e. The van der Waals surface area contributed by atoms with E-state index in [4.69, 9.17) is 15.9 Å². The highest BCUT2D eigenvalue weighted by molar-refractivity contribution is 5.92. The van der Waals surface area contributed by atoms with Crippen molar-refractivity contribution in [3.05, 3.63) is 18.2 Å². The van der Waals surface area contributed by atoms with Gasteiger partial charge >= 0.3 is 12.1 Å². The van der Waals surface area contributed by atoms with Gasteiger partial charge in [0.25, 0.3) is 0 Å². The number of nitrogens with zero attached hydrogens (tertiary/aromatic N) is 2. The summed E-state index contributed by atoms with van der Waals surface area (Å²) in [5.41, 5.74) is 5.92. The van der Waals surface area contributed by atoms with Gasteiger partial charge in [-0.25, -0.2) is 14.7 Å². The number of carbonyl (C=O) groups is 3. The van der Waals surface area contributed by atoms with E-state index in [0.29, 0.717) is 25.1 Å². The van der Waals surface area contributed by atoms with Crippen molar-refractivity contribution in [1.29, 1.82) is 0 Å². The molecule has 0 aliphatic carbocycles. The van der Waals surface area contributed by atoms with Crippen molar-refractivity contribution >= 4 is 18.0 Å². The van der Waals surface area contributed by atoms with Crippen molar-refractivity contribution in [3.8, 4) is 0 Å². The first-order valence-corrected chi connectivity index (χ1v) is 5.91. The molecule has 110 valence electrons. The number of carboxylic acids is 1. The number of nitrogens with two attached hydrogens (primary N) is 1. The summed E-state index contributed by atoms with van der Waals surface area (Å²) in [4.78, 5) is 38.3. The summed E-state index contributed by atoms with van der Waals surface area (Å²) in [7, 11) is 0. The number of nitrogens with one attached hydrogen (secondary N) is 1. The van der Waals surface area contributed by atoms with Crippen LogP contribution in [0.1, 0.15) is 18.5 Å². The number of hydrogen-bond acceptors (Lipinski definition) is 5. The van der Waals surface area contributed by atoms with Crippen LogP contribution in [-0.4, -0.2) is 55.6 Å². The van der Waals surface area contributed by atoms with Gasteiger partial charge in [0.1, 0.15) is 6.04 Å². The number of imidazole rings is 1. The number of likely N-dealkylation sites (tertiary alicyclic amines) is 1. The molecule has 1 aromatic heterocycles. The molecule has 0 saturated carbocycles. The first-order valence-electron chi connectivity index (χ1n) is 5.91. The second-order valence-corrected chi connectivity index (χ2v) is 4.14. The number of carboxylic acid groups (broad SMARTS) is 2. The van der Waals surface area contributed by atoms with Crippen molar-refractivity contribution in [3.63, 3.8) is 0 Å². The van der Waals surface area contributed by atoms with Gasteiger partial charge in [-0.2, -0.15) is 0 Å².